The number of fused-ring (bicyclic) bond motifs is 1. The maximum atomic E-state index is 14.9. The molecule has 0 aliphatic carbocycles. The maximum absolute atomic E-state index is 14.9. The Bertz CT molecular complexity index is 1720. The van der Waals surface area contributed by atoms with E-state index in [1.807, 2.05) is 11.8 Å². The van der Waals surface area contributed by atoms with Gasteiger partial charge in [-0.25, -0.2) is 9.37 Å². The Hall–Kier alpha value is -4.29. The van der Waals surface area contributed by atoms with Crippen LogP contribution < -0.4 is 10.6 Å². The Balaban J connectivity index is 1.09. The molecule has 0 saturated carbocycles. The van der Waals surface area contributed by atoms with Gasteiger partial charge in [0.2, 0.25) is 5.91 Å². The molecule has 2 aliphatic heterocycles. The molecule has 43 heavy (non-hydrogen) atoms. The molecule has 3 amide bonds. The number of nitrogens with one attached hydrogen (secondary N) is 3. The summed E-state index contributed by atoms with van der Waals surface area (Å²) in [5, 5.41) is 14.0. The van der Waals surface area contributed by atoms with Crippen molar-refractivity contribution in [2.24, 2.45) is 13.0 Å². The highest BCUT2D eigenvalue weighted by Crippen LogP contribution is 2.29. The summed E-state index contributed by atoms with van der Waals surface area (Å²) in [6, 6.07) is 7.73. The number of anilines is 1. The number of piperazine rings is 1. The second-order valence-electron chi connectivity index (χ2n) is 11.1. The standard InChI is InChI=1S/C30H32ClFN8O3/c1-17-21-13-22(24(32)14-25(21)37-36-17)26-16-34-28(38(26)2)29(42)35-19-3-4-20(23(31)12-19)30(43)40-9-7-39(8-10-40)27(41)11-18-5-6-33-15-18/h3-4,12-14,16,18,33H,5-11,15H2,1-2H3,(H,35,42)(H,36,37)/t18-/m0/s1. The Morgan fingerprint density at radius 1 is 1.12 bits per heavy atom. The van der Waals surface area contributed by atoms with Crippen LogP contribution in [0, 0.1) is 18.7 Å². The van der Waals surface area contributed by atoms with E-state index in [1.54, 1.807) is 30.1 Å². The molecule has 2 fully saturated rings. The summed E-state index contributed by atoms with van der Waals surface area (Å²) in [4.78, 5) is 46.7. The zero-order chi connectivity index (χ0) is 30.2. The zero-order valence-corrected chi connectivity index (χ0v) is 24.7. The van der Waals surface area contributed by atoms with Gasteiger partial charge in [-0.1, -0.05) is 11.6 Å². The minimum absolute atomic E-state index is 0.0753. The highest BCUT2D eigenvalue weighted by Gasteiger charge is 2.28. The Kier molecular flexibility index (Phi) is 7.89. The number of H-pyrrole nitrogens is 1. The van der Waals surface area contributed by atoms with Gasteiger partial charge in [-0.15, -0.1) is 0 Å². The van der Waals surface area contributed by atoms with E-state index in [0.29, 0.717) is 66.5 Å². The van der Waals surface area contributed by atoms with Crippen molar-refractivity contribution in [2.45, 2.75) is 19.8 Å². The first kappa shape index (κ1) is 28.8. The molecule has 1 atom stereocenters. The van der Waals surface area contributed by atoms with Crippen LogP contribution in [0.15, 0.2) is 36.5 Å². The molecule has 0 unspecified atom stereocenters. The Morgan fingerprint density at radius 2 is 1.88 bits per heavy atom. The molecule has 3 N–H and O–H groups in total. The highest BCUT2D eigenvalue weighted by molar-refractivity contribution is 6.34. The second-order valence-corrected chi connectivity index (χ2v) is 11.5. The lowest BCUT2D eigenvalue weighted by atomic mass is 10.0. The smallest absolute Gasteiger partial charge is 0.291 e. The van der Waals surface area contributed by atoms with E-state index in [1.165, 1.54) is 22.9 Å². The molecule has 0 spiro atoms. The van der Waals surface area contributed by atoms with Gasteiger partial charge in [0.05, 0.1) is 28.0 Å². The molecule has 224 valence electrons. The largest absolute Gasteiger partial charge is 0.339 e. The van der Waals surface area contributed by atoms with E-state index in [-0.39, 0.29) is 22.7 Å². The predicted molar refractivity (Wildman–Crippen MR) is 160 cm³/mol. The Morgan fingerprint density at radius 3 is 2.60 bits per heavy atom. The van der Waals surface area contributed by atoms with E-state index < -0.39 is 11.7 Å². The lowest BCUT2D eigenvalue weighted by Gasteiger charge is -2.35. The number of benzene rings is 2. The van der Waals surface area contributed by atoms with Crippen LogP contribution >= 0.6 is 11.6 Å². The van der Waals surface area contributed by atoms with Gasteiger partial charge in [0, 0.05) is 68.0 Å². The van der Waals surface area contributed by atoms with Crippen LogP contribution in [0.5, 0.6) is 0 Å². The Labute approximate surface area is 252 Å². The number of carbonyl (C=O) groups excluding carboxylic acids is 3. The molecule has 6 rings (SSSR count). The van der Waals surface area contributed by atoms with Crippen LogP contribution in [0.3, 0.4) is 0 Å². The number of carbonyl (C=O) groups is 3. The lowest BCUT2D eigenvalue weighted by Crippen LogP contribution is -2.51. The first-order valence-corrected chi connectivity index (χ1v) is 14.6. The van der Waals surface area contributed by atoms with Crippen LogP contribution in [-0.2, 0) is 11.8 Å². The summed E-state index contributed by atoms with van der Waals surface area (Å²) in [6.45, 7) is 5.52. The average Bonchev–Trinajstić information content (AvgIpc) is 3.73. The number of aromatic nitrogens is 4. The van der Waals surface area contributed by atoms with E-state index in [4.69, 9.17) is 11.6 Å². The number of amides is 3. The summed E-state index contributed by atoms with van der Waals surface area (Å²) in [5.74, 6) is -0.621. The number of hydrogen-bond donors (Lipinski definition) is 3. The van der Waals surface area contributed by atoms with Gasteiger partial charge >= 0.3 is 0 Å². The zero-order valence-electron chi connectivity index (χ0n) is 23.9. The molecular formula is C30H32ClFN8O3. The fraction of sp³-hybridized carbons (Fsp3) is 0.367. The fourth-order valence-electron chi connectivity index (χ4n) is 5.77. The number of hydrogen-bond acceptors (Lipinski definition) is 6. The van der Waals surface area contributed by atoms with Gasteiger partial charge in [0.25, 0.3) is 11.8 Å². The van der Waals surface area contributed by atoms with E-state index in [0.717, 1.165) is 30.6 Å². The first-order valence-electron chi connectivity index (χ1n) is 14.2. The van der Waals surface area contributed by atoms with Crippen molar-refractivity contribution >= 4 is 45.9 Å². The normalized spacial score (nSPS) is 17.1. The van der Waals surface area contributed by atoms with Gasteiger partial charge < -0.3 is 25.0 Å². The van der Waals surface area contributed by atoms with Crippen molar-refractivity contribution in [1.29, 1.82) is 0 Å². The minimum Gasteiger partial charge on any atom is -0.339 e. The number of halogens is 2. The van der Waals surface area contributed by atoms with E-state index >= 15 is 0 Å². The van der Waals surface area contributed by atoms with Crippen LogP contribution in [0.2, 0.25) is 5.02 Å². The van der Waals surface area contributed by atoms with Crippen LogP contribution in [0.1, 0.15) is 39.5 Å². The molecule has 2 aliphatic rings. The van der Waals surface area contributed by atoms with Crippen molar-refractivity contribution < 1.29 is 18.8 Å². The fourth-order valence-corrected chi connectivity index (χ4v) is 6.04. The van der Waals surface area contributed by atoms with Crippen molar-refractivity contribution in [1.82, 2.24) is 34.9 Å². The second kappa shape index (κ2) is 11.8. The monoisotopic (exact) mass is 606 g/mol. The third-order valence-electron chi connectivity index (χ3n) is 8.30. The summed E-state index contributed by atoms with van der Waals surface area (Å²) in [7, 11) is 1.64. The molecule has 11 nitrogen and oxygen atoms in total. The van der Waals surface area contributed by atoms with Crippen molar-refractivity contribution in [3.63, 3.8) is 0 Å². The number of nitrogens with zero attached hydrogens (tertiary/aromatic N) is 5. The maximum Gasteiger partial charge on any atom is 0.291 e. The number of aromatic amines is 1. The molecule has 2 aromatic heterocycles. The molecule has 2 saturated heterocycles. The SMILES string of the molecule is Cc1[nH]nc2cc(F)c(-c3cnc(C(=O)Nc4ccc(C(=O)N5CCN(C(=O)C[C@@H]6CCNC6)CC5)c(Cl)c4)n3C)cc12. The third-order valence-corrected chi connectivity index (χ3v) is 8.62. The van der Waals surface area contributed by atoms with Crippen LogP contribution in [0.25, 0.3) is 22.2 Å². The number of rotatable bonds is 6. The molecule has 0 radical (unpaired) electrons. The van der Waals surface area contributed by atoms with Gasteiger partial charge in [-0.3, -0.25) is 19.5 Å². The van der Waals surface area contributed by atoms with E-state index in [2.05, 4.69) is 25.8 Å². The summed E-state index contributed by atoms with van der Waals surface area (Å²) in [5.41, 5.74) is 2.75. The summed E-state index contributed by atoms with van der Waals surface area (Å²) in [6.07, 6.45) is 3.00. The van der Waals surface area contributed by atoms with Crippen LogP contribution in [-0.4, -0.2) is 86.5 Å². The van der Waals surface area contributed by atoms with Crippen molar-refractivity contribution in [3.05, 3.63) is 64.5 Å². The molecule has 2 aromatic carbocycles. The highest BCUT2D eigenvalue weighted by atomic mass is 35.5. The first-order chi connectivity index (χ1) is 20.7. The van der Waals surface area contributed by atoms with Crippen molar-refractivity contribution in [2.75, 3.05) is 44.6 Å². The van der Waals surface area contributed by atoms with Crippen molar-refractivity contribution in [3.8, 4) is 11.3 Å². The molecule has 4 aromatic rings. The topological polar surface area (TPSA) is 128 Å². The van der Waals surface area contributed by atoms with Gasteiger partial charge in [-0.05, 0) is 56.6 Å². The van der Waals surface area contributed by atoms with Gasteiger partial charge in [-0.2, -0.15) is 5.10 Å². The summed E-state index contributed by atoms with van der Waals surface area (Å²) < 4.78 is 16.4. The van der Waals surface area contributed by atoms with E-state index in [9.17, 15) is 18.8 Å². The number of imidazole rings is 1. The molecule has 13 heteroatoms. The predicted octanol–water partition coefficient (Wildman–Crippen LogP) is 3.60. The van der Waals surface area contributed by atoms with Gasteiger partial charge in [0.1, 0.15) is 5.82 Å². The van der Waals surface area contributed by atoms with Crippen LogP contribution in [0.4, 0.5) is 10.1 Å². The quantitative estimate of drug-likeness (QED) is 0.308. The molecule has 0 bridgehead atoms. The lowest BCUT2D eigenvalue weighted by molar-refractivity contribution is -0.133. The third kappa shape index (κ3) is 5.72. The summed E-state index contributed by atoms with van der Waals surface area (Å²) >= 11 is 6.49. The molecular weight excluding hydrogens is 575 g/mol. The molecule has 4 heterocycles. The van der Waals surface area contributed by atoms with Gasteiger partial charge in [0.15, 0.2) is 5.82 Å². The minimum atomic E-state index is -0.515. The average molecular weight is 607 g/mol. The number of aryl methyl sites for hydroxylation is 1.